The highest BCUT2D eigenvalue weighted by Gasteiger charge is 2.11. The van der Waals surface area contributed by atoms with Crippen molar-refractivity contribution < 1.29 is 12.8 Å². The molecule has 0 atom stereocenters. The molecule has 108 valence electrons. The number of benzene rings is 1. The van der Waals surface area contributed by atoms with E-state index in [0.29, 0.717) is 13.1 Å². The number of hydrogen-bond donors (Lipinski definition) is 1. The summed E-state index contributed by atoms with van der Waals surface area (Å²) >= 11 is 0. The van der Waals surface area contributed by atoms with Crippen molar-refractivity contribution in [1.82, 2.24) is 5.32 Å². The summed E-state index contributed by atoms with van der Waals surface area (Å²) in [6.45, 7) is 3.73. The summed E-state index contributed by atoms with van der Waals surface area (Å²) in [6, 6.07) is 4.56. The summed E-state index contributed by atoms with van der Waals surface area (Å²) in [5.74, 6) is -0.199. The molecule has 0 aliphatic carbocycles. The van der Waals surface area contributed by atoms with Gasteiger partial charge in [-0.05, 0) is 30.3 Å². The molecular weight excluding hydrogens is 267 g/mol. The van der Waals surface area contributed by atoms with Crippen LogP contribution in [0.5, 0.6) is 0 Å². The number of nitrogens with one attached hydrogen (secondary N) is 1. The molecule has 0 saturated carbocycles. The van der Waals surface area contributed by atoms with Gasteiger partial charge in [0.15, 0.2) is 0 Å². The first-order valence-electron chi connectivity index (χ1n) is 6.21. The van der Waals surface area contributed by atoms with Gasteiger partial charge in [-0.3, -0.25) is 0 Å². The van der Waals surface area contributed by atoms with E-state index in [1.807, 2.05) is 18.9 Å². The van der Waals surface area contributed by atoms with Crippen molar-refractivity contribution in [2.45, 2.75) is 13.5 Å². The lowest BCUT2D eigenvalue weighted by Gasteiger charge is -2.22. The summed E-state index contributed by atoms with van der Waals surface area (Å²) in [6.07, 6.45) is 1.21. The zero-order valence-corrected chi connectivity index (χ0v) is 12.4. The van der Waals surface area contributed by atoms with Gasteiger partial charge in [-0.2, -0.15) is 0 Å². The van der Waals surface area contributed by atoms with Gasteiger partial charge in [-0.25, -0.2) is 12.8 Å². The third-order valence-corrected chi connectivity index (χ3v) is 3.74. The fourth-order valence-electron chi connectivity index (χ4n) is 1.75. The van der Waals surface area contributed by atoms with E-state index in [-0.39, 0.29) is 11.6 Å². The molecule has 1 aromatic carbocycles. The minimum Gasteiger partial charge on any atom is -0.373 e. The molecule has 19 heavy (non-hydrogen) atoms. The molecule has 0 aliphatic rings. The second-order valence-corrected chi connectivity index (χ2v) is 6.86. The molecule has 0 aromatic heterocycles. The second kappa shape index (κ2) is 6.86. The Bertz CT molecular complexity index is 517. The van der Waals surface area contributed by atoms with Crippen LogP contribution in [-0.4, -0.2) is 40.6 Å². The molecule has 1 N–H and O–H groups in total. The highest BCUT2D eigenvalue weighted by atomic mass is 32.2. The minimum atomic E-state index is -3.00. The van der Waals surface area contributed by atoms with Crippen molar-refractivity contribution in [3.8, 4) is 0 Å². The largest absolute Gasteiger partial charge is 0.373 e. The molecule has 0 spiro atoms. The van der Waals surface area contributed by atoms with Gasteiger partial charge in [0.25, 0.3) is 0 Å². The van der Waals surface area contributed by atoms with Gasteiger partial charge in [0.2, 0.25) is 0 Å². The first-order valence-corrected chi connectivity index (χ1v) is 8.27. The van der Waals surface area contributed by atoms with Crippen molar-refractivity contribution in [1.29, 1.82) is 0 Å². The van der Waals surface area contributed by atoms with Gasteiger partial charge < -0.3 is 10.2 Å². The minimum absolute atomic E-state index is 0.0848. The second-order valence-electron chi connectivity index (χ2n) is 4.60. The SMILES string of the molecule is CCNCc1cc(F)ccc1N(C)CCS(C)(=O)=O. The molecule has 0 radical (unpaired) electrons. The fourth-order valence-corrected chi connectivity index (χ4v) is 2.36. The zero-order chi connectivity index (χ0) is 14.5. The first kappa shape index (κ1) is 15.9. The van der Waals surface area contributed by atoms with E-state index in [2.05, 4.69) is 5.32 Å². The summed E-state index contributed by atoms with van der Waals surface area (Å²) in [4.78, 5) is 1.84. The number of sulfone groups is 1. The normalized spacial score (nSPS) is 11.6. The zero-order valence-electron chi connectivity index (χ0n) is 11.6. The molecule has 0 amide bonds. The molecule has 6 heteroatoms. The first-order chi connectivity index (χ1) is 8.83. The highest BCUT2D eigenvalue weighted by Crippen LogP contribution is 2.20. The lowest BCUT2D eigenvalue weighted by Crippen LogP contribution is -2.26. The fraction of sp³-hybridized carbons (Fsp3) is 0.538. The van der Waals surface area contributed by atoms with Crippen molar-refractivity contribution >= 4 is 15.5 Å². The summed E-state index contributed by atoms with van der Waals surface area (Å²) in [5, 5.41) is 3.15. The predicted octanol–water partition coefficient (Wildman–Crippen LogP) is 1.42. The van der Waals surface area contributed by atoms with Crippen molar-refractivity contribution in [3.05, 3.63) is 29.6 Å². The number of nitrogens with zero attached hydrogens (tertiary/aromatic N) is 1. The third-order valence-electron chi connectivity index (χ3n) is 2.82. The average molecular weight is 288 g/mol. The van der Waals surface area contributed by atoms with Crippen molar-refractivity contribution in [2.75, 3.05) is 37.0 Å². The molecule has 0 saturated heterocycles. The van der Waals surface area contributed by atoms with Crippen LogP contribution in [0.1, 0.15) is 12.5 Å². The van der Waals surface area contributed by atoms with Gasteiger partial charge in [-0.15, -0.1) is 0 Å². The molecular formula is C13H21FN2O2S. The van der Waals surface area contributed by atoms with Crippen LogP contribution in [0.2, 0.25) is 0 Å². The molecule has 1 rings (SSSR count). The van der Waals surface area contributed by atoms with E-state index < -0.39 is 9.84 Å². The Kier molecular flexibility index (Phi) is 5.75. The quantitative estimate of drug-likeness (QED) is 0.824. The Morgan fingerprint density at radius 1 is 1.37 bits per heavy atom. The maximum atomic E-state index is 13.3. The van der Waals surface area contributed by atoms with Crippen LogP contribution in [0.3, 0.4) is 0 Å². The van der Waals surface area contributed by atoms with Crippen molar-refractivity contribution in [2.24, 2.45) is 0 Å². The Hall–Kier alpha value is -1.14. The monoisotopic (exact) mass is 288 g/mol. The van der Waals surface area contributed by atoms with Crippen molar-refractivity contribution in [3.63, 3.8) is 0 Å². The van der Waals surface area contributed by atoms with Crippen LogP contribution in [-0.2, 0) is 16.4 Å². The number of rotatable bonds is 7. The molecule has 0 heterocycles. The van der Waals surface area contributed by atoms with Gasteiger partial charge in [0.1, 0.15) is 15.7 Å². The van der Waals surface area contributed by atoms with Gasteiger partial charge in [-0.1, -0.05) is 6.92 Å². The molecule has 1 aromatic rings. The molecule has 0 bridgehead atoms. The van der Waals surface area contributed by atoms with E-state index >= 15 is 0 Å². The molecule has 0 fully saturated rings. The lowest BCUT2D eigenvalue weighted by atomic mass is 10.1. The van der Waals surface area contributed by atoms with Gasteiger partial charge >= 0.3 is 0 Å². The Labute approximate surface area is 114 Å². The van der Waals surface area contributed by atoms with E-state index in [1.54, 1.807) is 6.07 Å². The number of halogens is 1. The highest BCUT2D eigenvalue weighted by molar-refractivity contribution is 7.90. The van der Waals surface area contributed by atoms with E-state index in [1.165, 1.54) is 18.4 Å². The topological polar surface area (TPSA) is 49.4 Å². The maximum Gasteiger partial charge on any atom is 0.149 e. The van der Waals surface area contributed by atoms with Crippen LogP contribution in [0.15, 0.2) is 18.2 Å². The van der Waals surface area contributed by atoms with Crippen LogP contribution in [0, 0.1) is 5.82 Å². The van der Waals surface area contributed by atoms with E-state index in [9.17, 15) is 12.8 Å². The molecule has 4 nitrogen and oxygen atoms in total. The summed E-state index contributed by atoms with van der Waals surface area (Å²) in [7, 11) is -1.18. The van der Waals surface area contributed by atoms with Crippen LogP contribution < -0.4 is 10.2 Å². The van der Waals surface area contributed by atoms with Crippen LogP contribution in [0.25, 0.3) is 0 Å². The summed E-state index contributed by atoms with van der Waals surface area (Å²) < 4.78 is 35.6. The predicted molar refractivity (Wildman–Crippen MR) is 76.8 cm³/mol. The smallest absolute Gasteiger partial charge is 0.149 e. The van der Waals surface area contributed by atoms with Gasteiger partial charge in [0, 0.05) is 32.1 Å². The Morgan fingerprint density at radius 3 is 2.63 bits per heavy atom. The number of hydrogen-bond acceptors (Lipinski definition) is 4. The van der Waals surface area contributed by atoms with Crippen LogP contribution >= 0.6 is 0 Å². The average Bonchev–Trinajstić information content (AvgIpc) is 2.32. The Morgan fingerprint density at radius 2 is 2.05 bits per heavy atom. The standard InChI is InChI=1S/C13H21FN2O2S/c1-4-15-10-11-9-12(14)5-6-13(11)16(2)7-8-19(3,17)18/h5-6,9,15H,4,7-8,10H2,1-3H3. The van der Waals surface area contributed by atoms with E-state index in [0.717, 1.165) is 17.8 Å². The Balaban J connectivity index is 2.85. The number of anilines is 1. The summed E-state index contributed by atoms with van der Waals surface area (Å²) in [5.41, 5.74) is 1.68. The van der Waals surface area contributed by atoms with Gasteiger partial charge in [0.05, 0.1) is 5.75 Å². The molecule has 0 aliphatic heterocycles. The molecule has 0 unspecified atom stereocenters. The van der Waals surface area contributed by atoms with Crippen LogP contribution in [0.4, 0.5) is 10.1 Å². The maximum absolute atomic E-state index is 13.3. The van der Waals surface area contributed by atoms with E-state index in [4.69, 9.17) is 0 Å². The third kappa shape index (κ3) is 5.57. The lowest BCUT2D eigenvalue weighted by molar-refractivity contribution is 0.600.